The van der Waals surface area contributed by atoms with Gasteiger partial charge in [0.1, 0.15) is 23.3 Å². The third-order valence-corrected chi connectivity index (χ3v) is 3.69. The van der Waals surface area contributed by atoms with Crippen molar-refractivity contribution < 1.29 is 13.6 Å². The number of nitrogens with one attached hydrogen (secondary N) is 2. The minimum Gasteiger partial charge on any atom is -0.309 e. The predicted octanol–water partition coefficient (Wildman–Crippen LogP) is 3.19. The number of aromatic nitrogens is 3. The summed E-state index contributed by atoms with van der Waals surface area (Å²) in [5.74, 6) is -1.86. The summed E-state index contributed by atoms with van der Waals surface area (Å²) in [4.78, 5) is 15.9. The molecular weight excluding hydrogens is 340 g/mol. The van der Waals surface area contributed by atoms with E-state index >= 15 is 0 Å². The van der Waals surface area contributed by atoms with Gasteiger partial charge in [-0.2, -0.15) is 10.4 Å². The average Bonchev–Trinajstić information content (AvgIpc) is 3.09. The lowest BCUT2D eigenvalue weighted by atomic mass is 10.1. The molecule has 0 spiro atoms. The number of carbonyl (C=O) groups is 1. The van der Waals surface area contributed by atoms with E-state index in [1.54, 1.807) is 30.6 Å². The van der Waals surface area contributed by atoms with Gasteiger partial charge in [0, 0.05) is 30.4 Å². The molecule has 2 N–H and O–H groups in total. The number of hydrogen-bond acceptors (Lipinski definition) is 4. The third-order valence-electron chi connectivity index (χ3n) is 3.69. The number of nitrogens with zero attached hydrogens (tertiary/aromatic N) is 3. The Bertz CT molecular complexity index is 956. The molecule has 0 aliphatic heterocycles. The maximum Gasteiger partial charge on any atom is 0.225 e. The highest BCUT2D eigenvalue weighted by Gasteiger charge is 2.12. The molecule has 130 valence electrons. The number of benzene rings is 1. The van der Waals surface area contributed by atoms with Crippen LogP contribution in [-0.4, -0.2) is 21.1 Å². The van der Waals surface area contributed by atoms with Crippen LogP contribution in [0.4, 0.5) is 14.6 Å². The van der Waals surface area contributed by atoms with Crippen molar-refractivity contribution >= 4 is 11.7 Å². The van der Waals surface area contributed by atoms with Crippen LogP contribution in [0.5, 0.6) is 0 Å². The van der Waals surface area contributed by atoms with Crippen molar-refractivity contribution in [3.63, 3.8) is 0 Å². The molecule has 3 rings (SSSR count). The molecule has 0 aliphatic rings. The van der Waals surface area contributed by atoms with E-state index in [4.69, 9.17) is 5.26 Å². The number of H-pyrrole nitrogens is 1. The summed E-state index contributed by atoms with van der Waals surface area (Å²) in [7, 11) is 0. The van der Waals surface area contributed by atoms with Crippen molar-refractivity contribution in [2.45, 2.75) is 12.8 Å². The second kappa shape index (κ2) is 7.53. The molecule has 1 amide bonds. The van der Waals surface area contributed by atoms with E-state index in [0.29, 0.717) is 11.4 Å². The lowest BCUT2D eigenvalue weighted by Crippen LogP contribution is -2.12. The fourth-order valence-corrected chi connectivity index (χ4v) is 2.41. The van der Waals surface area contributed by atoms with Crippen molar-refractivity contribution in [3.8, 4) is 17.3 Å². The second-order valence-electron chi connectivity index (χ2n) is 5.50. The number of aromatic amines is 1. The van der Waals surface area contributed by atoms with Crippen LogP contribution < -0.4 is 5.32 Å². The summed E-state index contributed by atoms with van der Waals surface area (Å²) in [6.45, 7) is 0. The van der Waals surface area contributed by atoms with Crippen LogP contribution in [0.1, 0.15) is 17.5 Å². The van der Waals surface area contributed by atoms with Crippen molar-refractivity contribution in [2.24, 2.45) is 0 Å². The molecule has 3 aromatic rings. The van der Waals surface area contributed by atoms with Gasteiger partial charge in [-0.15, -0.1) is 0 Å². The highest BCUT2D eigenvalue weighted by Crippen LogP contribution is 2.19. The SMILES string of the molecule is N#Cc1c(F)cc(CCC(=O)Nc2cc(-c3ccncc3)[nH]n2)cc1F. The zero-order valence-corrected chi connectivity index (χ0v) is 13.5. The van der Waals surface area contributed by atoms with Crippen LogP contribution in [-0.2, 0) is 11.2 Å². The Kier molecular flexibility index (Phi) is 4.99. The minimum absolute atomic E-state index is 0.0161. The molecule has 0 bridgehead atoms. The van der Waals surface area contributed by atoms with Crippen LogP contribution in [0.3, 0.4) is 0 Å². The molecule has 0 saturated carbocycles. The zero-order valence-electron chi connectivity index (χ0n) is 13.5. The van der Waals surface area contributed by atoms with E-state index in [0.717, 1.165) is 23.4 Å². The van der Waals surface area contributed by atoms with Gasteiger partial charge in [0.25, 0.3) is 0 Å². The molecule has 0 unspecified atom stereocenters. The number of halogens is 2. The number of hydrogen-bond donors (Lipinski definition) is 2. The standard InChI is InChI=1S/C18H13F2N5O/c19-14-7-11(8-15(20)13(14)10-21)1-2-18(26)23-17-9-16(24-25-17)12-3-5-22-6-4-12/h3-9H,1-2H2,(H2,23,24,25,26). The highest BCUT2D eigenvalue weighted by atomic mass is 19.1. The van der Waals surface area contributed by atoms with Crippen molar-refractivity contribution in [1.82, 2.24) is 15.2 Å². The van der Waals surface area contributed by atoms with E-state index < -0.39 is 17.2 Å². The molecule has 8 heteroatoms. The molecular formula is C18H13F2N5O. The number of rotatable bonds is 5. The van der Waals surface area contributed by atoms with Gasteiger partial charge >= 0.3 is 0 Å². The van der Waals surface area contributed by atoms with E-state index in [-0.39, 0.29) is 18.7 Å². The molecule has 2 heterocycles. The Morgan fingerprint density at radius 1 is 1.19 bits per heavy atom. The summed E-state index contributed by atoms with van der Waals surface area (Å²) >= 11 is 0. The average molecular weight is 353 g/mol. The first-order chi connectivity index (χ1) is 12.6. The first kappa shape index (κ1) is 17.2. The largest absolute Gasteiger partial charge is 0.309 e. The van der Waals surface area contributed by atoms with Crippen LogP contribution in [0, 0.1) is 23.0 Å². The fourth-order valence-electron chi connectivity index (χ4n) is 2.41. The zero-order chi connectivity index (χ0) is 18.5. The summed E-state index contributed by atoms with van der Waals surface area (Å²) < 4.78 is 27.1. The molecule has 0 fully saturated rings. The minimum atomic E-state index is -0.933. The fraction of sp³-hybridized carbons (Fsp3) is 0.111. The van der Waals surface area contributed by atoms with Gasteiger partial charge < -0.3 is 5.32 Å². The maximum atomic E-state index is 13.6. The smallest absolute Gasteiger partial charge is 0.225 e. The highest BCUT2D eigenvalue weighted by molar-refractivity contribution is 5.90. The quantitative estimate of drug-likeness (QED) is 0.736. The molecule has 2 aromatic heterocycles. The van der Waals surface area contributed by atoms with E-state index in [9.17, 15) is 13.6 Å². The second-order valence-corrected chi connectivity index (χ2v) is 5.50. The molecule has 1 aromatic carbocycles. The Labute approximate surface area is 147 Å². The Morgan fingerprint density at radius 2 is 1.88 bits per heavy atom. The molecule has 0 radical (unpaired) electrons. The normalized spacial score (nSPS) is 10.3. The Balaban J connectivity index is 1.60. The van der Waals surface area contributed by atoms with Crippen LogP contribution in [0.25, 0.3) is 11.3 Å². The first-order valence-corrected chi connectivity index (χ1v) is 7.70. The number of nitriles is 1. The molecule has 6 nitrogen and oxygen atoms in total. The molecule has 26 heavy (non-hydrogen) atoms. The Hall–Kier alpha value is -3.60. The van der Waals surface area contributed by atoms with Gasteiger partial charge in [-0.05, 0) is 36.2 Å². The van der Waals surface area contributed by atoms with Crippen LogP contribution in [0.15, 0.2) is 42.7 Å². The van der Waals surface area contributed by atoms with E-state index in [2.05, 4.69) is 20.5 Å². The third kappa shape index (κ3) is 3.89. The number of pyridine rings is 1. The van der Waals surface area contributed by atoms with Gasteiger partial charge in [0.15, 0.2) is 5.82 Å². The summed E-state index contributed by atoms with van der Waals surface area (Å²) in [6, 6.07) is 8.85. The lowest BCUT2D eigenvalue weighted by Gasteiger charge is -2.04. The van der Waals surface area contributed by atoms with Gasteiger partial charge in [0.05, 0.1) is 5.69 Å². The first-order valence-electron chi connectivity index (χ1n) is 7.70. The van der Waals surface area contributed by atoms with E-state index in [1.165, 1.54) is 6.07 Å². The molecule has 0 saturated heterocycles. The summed E-state index contributed by atoms with van der Waals surface area (Å²) in [6.07, 6.45) is 3.43. The van der Waals surface area contributed by atoms with Crippen LogP contribution >= 0.6 is 0 Å². The molecule has 0 aliphatic carbocycles. The van der Waals surface area contributed by atoms with Gasteiger partial charge in [0.2, 0.25) is 5.91 Å². The van der Waals surface area contributed by atoms with Crippen molar-refractivity contribution in [3.05, 3.63) is 65.5 Å². The van der Waals surface area contributed by atoms with Crippen LogP contribution in [0.2, 0.25) is 0 Å². The van der Waals surface area contributed by atoms with Crippen molar-refractivity contribution in [2.75, 3.05) is 5.32 Å². The number of carbonyl (C=O) groups excluding carboxylic acids is 1. The maximum absolute atomic E-state index is 13.6. The van der Waals surface area contributed by atoms with E-state index in [1.807, 2.05) is 0 Å². The van der Waals surface area contributed by atoms with Crippen molar-refractivity contribution in [1.29, 1.82) is 5.26 Å². The monoisotopic (exact) mass is 353 g/mol. The number of amides is 1. The molecule has 0 atom stereocenters. The lowest BCUT2D eigenvalue weighted by molar-refractivity contribution is -0.116. The van der Waals surface area contributed by atoms with Gasteiger partial charge in [-0.3, -0.25) is 14.9 Å². The summed E-state index contributed by atoms with van der Waals surface area (Å²) in [5.41, 5.74) is 1.27. The number of aryl methyl sites for hydroxylation is 1. The topological polar surface area (TPSA) is 94.5 Å². The Morgan fingerprint density at radius 3 is 2.54 bits per heavy atom. The number of anilines is 1. The summed E-state index contributed by atoms with van der Waals surface area (Å²) in [5, 5.41) is 18.1. The van der Waals surface area contributed by atoms with Gasteiger partial charge in [-0.25, -0.2) is 8.78 Å². The van der Waals surface area contributed by atoms with Gasteiger partial charge in [-0.1, -0.05) is 0 Å². The predicted molar refractivity (Wildman–Crippen MR) is 89.8 cm³/mol.